The zero-order chi connectivity index (χ0) is 26.6. The molecular weight excluding hydrogens is 482 g/mol. The van der Waals surface area contributed by atoms with Crippen LogP contribution in [0.1, 0.15) is 51.4 Å². The number of anilines is 2. The first-order valence-corrected chi connectivity index (χ1v) is 15.0. The molecule has 0 radical (unpaired) electrons. The van der Waals surface area contributed by atoms with E-state index >= 15 is 8.96 Å². The zero-order valence-electron chi connectivity index (χ0n) is 22.6. The van der Waals surface area contributed by atoms with E-state index in [1.165, 1.54) is 6.07 Å². The van der Waals surface area contributed by atoms with Gasteiger partial charge in [0, 0.05) is 36.3 Å². The van der Waals surface area contributed by atoms with Crippen LogP contribution in [0, 0.1) is 23.6 Å². The first-order chi connectivity index (χ1) is 17.7. The van der Waals surface area contributed by atoms with Crippen LogP contribution in [0.4, 0.5) is 15.8 Å². The van der Waals surface area contributed by atoms with Crippen LogP contribution in [0.2, 0.25) is 0 Å². The second kappa shape index (κ2) is 11.8. The molecule has 0 amide bonds. The predicted molar refractivity (Wildman–Crippen MR) is 153 cm³/mol. The van der Waals surface area contributed by atoms with Crippen molar-refractivity contribution < 1.29 is 13.5 Å². The minimum absolute atomic E-state index is 0.171. The van der Waals surface area contributed by atoms with Crippen molar-refractivity contribution >= 4 is 24.0 Å². The van der Waals surface area contributed by atoms with Crippen LogP contribution < -0.4 is 15.5 Å². The van der Waals surface area contributed by atoms with Crippen LogP contribution in [0.5, 0.6) is 0 Å². The lowest BCUT2D eigenvalue weighted by atomic mass is 9.75. The Balaban J connectivity index is 1.86. The maximum absolute atomic E-state index is 15.4. The molecule has 4 nitrogen and oxygen atoms in total. The van der Waals surface area contributed by atoms with Crippen molar-refractivity contribution in [2.24, 2.45) is 17.8 Å². The molecule has 0 spiro atoms. The summed E-state index contributed by atoms with van der Waals surface area (Å²) in [6, 6.07) is 23.8. The molecule has 1 aliphatic rings. The van der Waals surface area contributed by atoms with Gasteiger partial charge in [-0.1, -0.05) is 63.6 Å². The third-order valence-corrected chi connectivity index (χ3v) is 10.3. The van der Waals surface area contributed by atoms with Crippen molar-refractivity contribution in [1.29, 1.82) is 0 Å². The van der Waals surface area contributed by atoms with Gasteiger partial charge in [-0.25, -0.2) is 4.39 Å². The molecule has 1 saturated carbocycles. The van der Waals surface area contributed by atoms with Crippen molar-refractivity contribution in [2.75, 3.05) is 24.3 Å². The lowest BCUT2D eigenvalue weighted by Gasteiger charge is -2.41. The maximum Gasteiger partial charge on any atom is 0.258 e. The van der Waals surface area contributed by atoms with Gasteiger partial charge in [-0.05, 0) is 73.1 Å². The Morgan fingerprint density at radius 3 is 2.22 bits per heavy atom. The third kappa shape index (κ3) is 6.27. The Labute approximate surface area is 221 Å². The van der Waals surface area contributed by atoms with E-state index in [4.69, 9.17) is 4.52 Å². The van der Waals surface area contributed by atoms with E-state index in [-0.39, 0.29) is 6.10 Å². The average molecular weight is 523 g/mol. The van der Waals surface area contributed by atoms with Crippen LogP contribution in [0.3, 0.4) is 0 Å². The minimum atomic E-state index is -3.69. The first-order valence-electron chi connectivity index (χ1n) is 13.3. The van der Waals surface area contributed by atoms with E-state index < -0.39 is 19.0 Å². The molecule has 6 heteroatoms. The molecular formula is C31H40FN2O2P. The quantitative estimate of drug-likeness (QED) is 0.289. The predicted octanol–water partition coefficient (Wildman–Crippen LogP) is 8.08. The van der Waals surface area contributed by atoms with Gasteiger partial charge in [0.25, 0.3) is 7.37 Å². The first kappa shape index (κ1) is 27.4. The van der Waals surface area contributed by atoms with E-state index in [1.54, 1.807) is 18.2 Å². The molecule has 1 aliphatic carbocycles. The van der Waals surface area contributed by atoms with E-state index in [0.29, 0.717) is 28.6 Å². The number of benzene rings is 3. The Bertz CT molecular complexity index is 1200. The van der Waals surface area contributed by atoms with Crippen LogP contribution in [0.15, 0.2) is 78.9 Å². The summed E-state index contributed by atoms with van der Waals surface area (Å²) < 4.78 is 37.7. The number of nitrogens with one attached hydrogen (secondary N) is 1. The summed E-state index contributed by atoms with van der Waals surface area (Å²) in [6.45, 7) is 6.66. The smallest absolute Gasteiger partial charge is 0.258 e. The van der Waals surface area contributed by atoms with Crippen LogP contribution in [-0.4, -0.2) is 20.2 Å². The highest BCUT2D eigenvalue weighted by Gasteiger charge is 2.44. The van der Waals surface area contributed by atoms with Crippen molar-refractivity contribution in [3.05, 3.63) is 90.2 Å². The highest BCUT2D eigenvalue weighted by atomic mass is 31.2. The fourth-order valence-corrected chi connectivity index (χ4v) is 8.05. The van der Waals surface area contributed by atoms with Gasteiger partial charge in [0.2, 0.25) is 0 Å². The second-order valence-corrected chi connectivity index (χ2v) is 13.3. The molecule has 1 N–H and O–H groups in total. The monoisotopic (exact) mass is 522 g/mol. The van der Waals surface area contributed by atoms with Gasteiger partial charge < -0.3 is 14.7 Å². The molecule has 4 rings (SSSR count). The van der Waals surface area contributed by atoms with Gasteiger partial charge in [-0.2, -0.15) is 0 Å². The van der Waals surface area contributed by atoms with Crippen LogP contribution >= 0.6 is 7.37 Å². The van der Waals surface area contributed by atoms with Gasteiger partial charge in [-0.15, -0.1) is 0 Å². The van der Waals surface area contributed by atoms with Gasteiger partial charge in [-0.3, -0.25) is 4.57 Å². The highest BCUT2D eigenvalue weighted by Crippen LogP contribution is 2.62. The molecule has 0 aliphatic heterocycles. The Hall–Kier alpha value is -2.62. The summed E-state index contributed by atoms with van der Waals surface area (Å²) in [5, 5.41) is 4.01. The molecule has 198 valence electrons. The van der Waals surface area contributed by atoms with Gasteiger partial charge in [0.05, 0.1) is 6.10 Å². The molecule has 0 bridgehead atoms. The maximum atomic E-state index is 15.4. The minimum Gasteiger partial charge on any atom is -0.378 e. The van der Waals surface area contributed by atoms with Crippen molar-refractivity contribution in [3.8, 4) is 0 Å². The largest absolute Gasteiger partial charge is 0.378 e. The van der Waals surface area contributed by atoms with Crippen molar-refractivity contribution in [1.82, 2.24) is 0 Å². The Kier molecular flexibility index (Phi) is 8.77. The molecule has 37 heavy (non-hydrogen) atoms. The summed E-state index contributed by atoms with van der Waals surface area (Å²) in [6.07, 6.45) is 2.86. The normalized spacial score (nSPS) is 22.3. The molecule has 3 aromatic carbocycles. The molecule has 3 aromatic rings. The zero-order valence-corrected chi connectivity index (χ0v) is 23.5. The SMILES string of the molecule is CC(C)[C@H]1CC[C@@H](C)C[C@H]1O[P@](=O)(c1ccc(N(C)C)cc1)[C@H](Nc1ccccc1)c1ccccc1F. The summed E-state index contributed by atoms with van der Waals surface area (Å²) in [5.74, 6) is -0.105. The number of nitrogens with zero attached hydrogens (tertiary/aromatic N) is 1. The standard InChI is InChI=1S/C31H40FN2O2P/c1-22(2)27-20-15-23(3)21-30(27)36-37(35,26-18-16-25(17-19-26)34(4)5)31(28-13-9-10-14-29(28)32)33-24-11-7-6-8-12-24/h6-14,16-19,22-23,27,30-31,33H,15,20-21H2,1-5H3/t23-,27-,30-,31+,37-/m1/s1. The summed E-state index contributed by atoms with van der Waals surface area (Å²) in [7, 11) is 0.258. The number of rotatable bonds is 9. The fraction of sp³-hybridized carbons (Fsp3) is 0.419. The van der Waals surface area contributed by atoms with Crippen molar-refractivity contribution in [2.45, 2.75) is 51.9 Å². The van der Waals surface area contributed by atoms with Gasteiger partial charge in [0.1, 0.15) is 11.6 Å². The van der Waals surface area contributed by atoms with Crippen molar-refractivity contribution in [3.63, 3.8) is 0 Å². The van der Waals surface area contributed by atoms with Gasteiger partial charge >= 0.3 is 0 Å². The summed E-state index contributed by atoms with van der Waals surface area (Å²) >= 11 is 0. The highest BCUT2D eigenvalue weighted by molar-refractivity contribution is 7.67. The topological polar surface area (TPSA) is 41.6 Å². The lowest BCUT2D eigenvalue weighted by molar-refractivity contribution is 0.0488. The number of hydrogen-bond donors (Lipinski definition) is 1. The second-order valence-electron chi connectivity index (χ2n) is 10.9. The number of hydrogen-bond acceptors (Lipinski definition) is 4. The summed E-state index contributed by atoms with van der Waals surface area (Å²) in [4.78, 5) is 2.00. The van der Waals surface area contributed by atoms with E-state index in [0.717, 1.165) is 30.6 Å². The van der Waals surface area contributed by atoms with E-state index in [1.807, 2.05) is 73.6 Å². The molecule has 0 unspecified atom stereocenters. The molecule has 0 saturated heterocycles. The van der Waals surface area contributed by atoms with Crippen LogP contribution in [0.25, 0.3) is 0 Å². The fourth-order valence-electron chi connectivity index (χ4n) is 5.40. The summed E-state index contributed by atoms with van der Waals surface area (Å²) in [5.41, 5.74) is 2.11. The Morgan fingerprint density at radius 2 is 1.59 bits per heavy atom. The molecule has 0 heterocycles. The van der Waals surface area contributed by atoms with Crippen LogP contribution in [-0.2, 0) is 9.09 Å². The molecule has 5 atom stereocenters. The van der Waals surface area contributed by atoms with E-state index in [9.17, 15) is 0 Å². The van der Waals surface area contributed by atoms with E-state index in [2.05, 4.69) is 26.1 Å². The van der Waals surface area contributed by atoms with Gasteiger partial charge in [0.15, 0.2) is 0 Å². The molecule has 1 fully saturated rings. The molecule has 0 aromatic heterocycles. The Morgan fingerprint density at radius 1 is 0.946 bits per heavy atom. The third-order valence-electron chi connectivity index (χ3n) is 7.60. The average Bonchev–Trinajstić information content (AvgIpc) is 2.88. The number of para-hydroxylation sites is 1. The lowest BCUT2D eigenvalue weighted by Crippen LogP contribution is -2.36. The number of halogens is 1.